The molecule has 2 heterocycles. The summed E-state index contributed by atoms with van der Waals surface area (Å²) in [7, 11) is 0. The highest BCUT2D eigenvalue weighted by atomic mass is 32.1. The highest BCUT2D eigenvalue weighted by molar-refractivity contribution is 7.21. The summed E-state index contributed by atoms with van der Waals surface area (Å²) in [5.74, 6) is -0.316. The molecule has 0 aliphatic heterocycles. The summed E-state index contributed by atoms with van der Waals surface area (Å²) < 4.78 is 6.53. The monoisotopic (exact) mass is 461 g/mol. The second-order valence-corrected chi connectivity index (χ2v) is 8.86. The van der Waals surface area contributed by atoms with Gasteiger partial charge in [0.25, 0.3) is 5.56 Å². The second kappa shape index (κ2) is 9.38. The molecule has 4 aromatic rings. The Kier molecular flexibility index (Phi) is 6.37. The number of nitrogens with one attached hydrogen (secondary N) is 1. The zero-order chi connectivity index (χ0) is 23.5. The summed E-state index contributed by atoms with van der Waals surface area (Å²) in [6, 6.07) is 18.0. The van der Waals surface area contributed by atoms with Crippen molar-refractivity contribution in [1.82, 2.24) is 9.55 Å². The van der Waals surface area contributed by atoms with E-state index in [1.807, 2.05) is 36.4 Å². The first-order valence-electron chi connectivity index (χ1n) is 10.5. The van der Waals surface area contributed by atoms with Crippen molar-refractivity contribution in [1.29, 1.82) is 0 Å². The second-order valence-electron chi connectivity index (χ2n) is 7.83. The quantitative estimate of drug-likeness (QED) is 0.423. The van der Waals surface area contributed by atoms with Crippen LogP contribution in [0.1, 0.15) is 30.0 Å². The van der Waals surface area contributed by atoms with Crippen LogP contribution in [0, 0.1) is 6.92 Å². The van der Waals surface area contributed by atoms with Gasteiger partial charge in [-0.05, 0) is 56.7 Å². The Morgan fingerprint density at radius 1 is 1.09 bits per heavy atom. The number of carbonyl (C=O) groups excluding carboxylic acids is 2. The Balaban J connectivity index is 1.52. The molecule has 0 radical (unpaired) electrons. The molecule has 0 unspecified atom stereocenters. The lowest BCUT2D eigenvalue weighted by Gasteiger charge is -2.11. The van der Waals surface area contributed by atoms with E-state index >= 15 is 0 Å². The van der Waals surface area contributed by atoms with E-state index in [9.17, 15) is 14.4 Å². The van der Waals surface area contributed by atoms with Crippen LogP contribution in [0.25, 0.3) is 20.7 Å². The number of hydrogen-bond acceptors (Lipinski definition) is 6. The van der Waals surface area contributed by atoms with Crippen molar-refractivity contribution < 1.29 is 14.3 Å². The van der Waals surface area contributed by atoms with Crippen molar-refractivity contribution in [2.24, 2.45) is 0 Å². The summed E-state index contributed by atoms with van der Waals surface area (Å²) in [6.07, 6.45) is -0.212. The number of carbonyl (C=O) groups is 2. The number of aromatic nitrogens is 2. The zero-order valence-corrected chi connectivity index (χ0v) is 19.3. The van der Waals surface area contributed by atoms with E-state index in [2.05, 4.69) is 10.3 Å². The molecule has 0 spiro atoms. The van der Waals surface area contributed by atoms with E-state index in [1.165, 1.54) is 15.9 Å². The Bertz CT molecular complexity index is 1370. The molecule has 0 saturated heterocycles. The van der Waals surface area contributed by atoms with Gasteiger partial charge < -0.3 is 10.1 Å². The third-order valence-corrected chi connectivity index (χ3v) is 6.03. The standard InChI is InChI=1S/C25H23N3O4S/c1-15(2)32-25(31)18-9-11-19(12-10-18)27-22(29)14-28-16(3)26-23-20(24(28)30)13-21(33-23)17-7-5-4-6-8-17/h4-13,15H,14H2,1-3H3,(H,27,29). The maximum Gasteiger partial charge on any atom is 0.338 e. The van der Waals surface area contributed by atoms with Crippen LogP contribution < -0.4 is 10.9 Å². The topological polar surface area (TPSA) is 90.3 Å². The molecule has 2 aromatic carbocycles. The van der Waals surface area contributed by atoms with Crippen molar-refractivity contribution in [2.75, 3.05) is 5.32 Å². The summed E-state index contributed by atoms with van der Waals surface area (Å²) >= 11 is 1.45. The summed E-state index contributed by atoms with van der Waals surface area (Å²) in [6.45, 7) is 5.11. The number of rotatable bonds is 6. The minimum atomic E-state index is -0.421. The largest absolute Gasteiger partial charge is 0.459 e. The molecule has 1 N–H and O–H groups in total. The Labute approximate surface area is 194 Å². The van der Waals surface area contributed by atoms with Crippen LogP contribution in [0.4, 0.5) is 5.69 Å². The van der Waals surface area contributed by atoms with Gasteiger partial charge in [0.15, 0.2) is 0 Å². The van der Waals surface area contributed by atoms with Gasteiger partial charge in [0.1, 0.15) is 17.2 Å². The van der Waals surface area contributed by atoms with Crippen LogP contribution in [0.3, 0.4) is 0 Å². The fourth-order valence-corrected chi connectivity index (χ4v) is 4.44. The van der Waals surface area contributed by atoms with E-state index in [0.717, 1.165) is 10.4 Å². The first-order chi connectivity index (χ1) is 15.8. The fraction of sp³-hybridized carbons (Fsp3) is 0.200. The first-order valence-corrected chi connectivity index (χ1v) is 11.3. The van der Waals surface area contributed by atoms with Gasteiger partial charge in [0, 0.05) is 10.6 Å². The van der Waals surface area contributed by atoms with Crippen LogP contribution >= 0.6 is 11.3 Å². The minimum absolute atomic E-state index is 0.165. The van der Waals surface area contributed by atoms with E-state index in [-0.39, 0.29) is 24.1 Å². The number of hydrogen-bond donors (Lipinski definition) is 1. The van der Waals surface area contributed by atoms with E-state index in [0.29, 0.717) is 27.3 Å². The van der Waals surface area contributed by atoms with Crippen molar-refractivity contribution in [3.05, 3.63) is 82.4 Å². The van der Waals surface area contributed by atoms with Crippen molar-refractivity contribution >= 4 is 39.1 Å². The highest BCUT2D eigenvalue weighted by Gasteiger charge is 2.15. The van der Waals surface area contributed by atoms with Crippen LogP contribution in [0.15, 0.2) is 65.5 Å². The van der Waals surface area contributed by atoms with Gasteiger partial charge in [-0.3, -0.25) is 14.2 Å². The molecule has 1 amide bonds. The molecule has 0 fully saturated rings. The molecule has 0 atom stereocenters. The lowest BCUT2D eigenvalue weighted by atomic mass is 10.2. The zero-order valence-electron chi connectivity index (χ0n) is 18.5. The lowest BCUT2D eigenvalue weighted by molar-refractivity contribution is -0.116. The van der Waals surface area contributed by atoms with Crippen molar-refractivity contribution in [3.8, 4) is 10.4 Å². The molecule has 0 bridgehead atoms. The number of amides is 1. The Morgan fingerprint density at radius 3 is 2.45 bits per heavy atom. The third-order valence-electron chi connectivity index (χ3n) is 4.95. The van der Waals surface area contributed by atoms with E-state index < -0.39 is 5.97 Å². The minimum Gasteiger partial charge on any atom is -0.459 e. The van der Waals surface area contributed by atoms with Gasteiger partial charge in [-0.1, -0.05) is 30.3 Å². The number of aryl methyl sites for hydroxylation is 1. The summed E-state index contributed by atoms with van der Waals surface area (Å²) in [4.78, 5) is 43.8. The van der Waals surface area contributed by atoms with Crippen LogP contribution in [-0.2, 0) is 16.1 Å². The van der Waals surface area contributed by atoms with Gasteiger partial charge in [-0.25, -0.2) is 9.78 Å². The fourth-order valence-electron chi connectivity index (χ4n) is 3.36. The van der Waals surface area contributed by atoms with Gasteiger partial charge in [0.2, 0.25) is 5.91 Å². The molecule has 0 aliphatic carbocycles. The molecule has 168 valence electrons. The average molecular weight is 462 g/mol. The summed E-state index contributed by atoms with van der Waals surface area (Å²) in [5, 5.41) is 3.25. The van der Waals surface area contributed by atoms with Crippen LogP contribution in [-0.4, -0.2) is 27.5 Å². The number of ether oxygens (including phenoxy) is 1. The molecule has 8 heteroatoms. The Hall–Kier alpha value is -3.78. The SMILES string of the molecule is Cc1nc2sc(-c3ccccc3)cc2c(=O)n1CC(=O)Nc1ccc(C(=O)OC(C)C)cc1. The van der Waals surface area contributed by atoms with Gasteiger partial charge in [-0.15, -0.1) is 11.3 Å². The van der Waals surface area contributed by atoms with Gasteiger partial charge in [0.05, 0.1) is 17.1 Å². The first kappa shape index (κ1) is 22.4. The summed E-state index contributed by atoms with van der Waals surface area (Å²) in [5.41, 5.74) is 1.68. The van der Waals surface area contributed by atoms with Crippen LogP contribution in [0.5, 0.6) is 0 Å². The smallest absolute Gasteiger partial charge is 0.338 e. The number of fused-ring (bicyclic) bond motifs is 1. The van der Waals surface area contributed by atoms with Crippen LogP contribution in [0.2, 0.25) is 0 Å². The number of benzene rings is 2. The predicted molar refractivity (Wildman–Crippen MR) is 130 cm³/mol. The number of thiophene rings is 1. The normalized spacial score (nSPS) is 11.0. The number of anilines is 1. The molecular formula is C25H23N3O4S. The van der Waals surface area contributed by atoms with Crippen molar-refractivity contribution in [3.63, 3.8) is 0 Å². The molecule has 2 aromatic heterocycles. The molecular weight excluding hydrogens is 438 g/mol. The maximum absolute atomic E-state index is 13.1. The lowest BCUT2D eigenvalue weighted by Crippen LogP contribution is -2.29. The third kappa shape index (κ3) is 5.01. The van der Waals surface area contributed by atoms with E-state index in [1.54, 1.807) is 45.0 Å². The van der Waals surface area contributed by atoms with Gasteiger partial charge >= 0.3 is 5.97 Å². The number of esters is 1. The number of nitrogens with zero attached hydrogens (tertiary/aromatic N) is 2. The predicted octanol–water partition coefficient (Wildman–Crippen LogP) is 4.64. The van der Waals surface area contributed by atoms with Crippen molar-refractivity contribution in [2.45, 2.75) is 33.4 Å². The maximum atomic E-state index is 13.1. The molecule has 7 nitrogen and oxygen atoms in total. The van der Waals surface area contributed by atoms with Gasteiger partial charge in [-0.2, -0.15) is 0 Å². The molecule has 4 rings (SSSR count). The molecule has 0 aliphatic rings. The average Bonchev–Trinajstić information content (AvgIpc) is 3.21. The molecule has 0 saturated carbocycles. The Morgan fingerprint density at radius 2 is 1.79 bits per heavy atom. The highest BCUT2D eigenvalue weighted by Crippen LogP contribution is 2.30. The molecule has 33 heavy (non-hydrogen) atoms. The van der Waals surface area contributed by atoms with E-state index in [4.69, 9.17) is 4.74 Å².